The average molecular weight is 466 g/mol. The third-order valence-corrected chi connectivity index (χ3v) is 7.96. The predicted molar refractivity (Wildman–Crippen MR) is 136 cm³/mol. The summed E-state index contributed by atoms with van der Waals surface area (Å²) >= 11 is 0. The minimum absolute atomic E-state index is 0.278. The second-order valence-corrected chi connectivity index (χ2v) is 10.7. The van der Waals surface area contributed by atoms with E-state index < -0.39 is 21.8 Å². The molecule has 5 heteroatoms. The SMILES string of the molecule is CCCC[C@H](NS(=O)c1ccc(C)cc1)/C(=C\c1ccccc1)S(=O)c1ccc(C)cc1. The molecule has 2 unspecified atom stereocenters. The van der Waals surface area contributed by atoms with Crippen molar-refractivity contribution in [2.24, 2.45) is 0 Å². The zero-order valence-electron chi connectivity index (χ0n) is 18.9. The zero-order chi connectivity index (χ0) is 22.9. The Morgan fingerprint density at radius 3 is 1.97 bits per heavy atom. The minimum atomic E-state index is -1.41. The molecule has 0 amide bonds. The van der Waals surface area contributed by atoms with E-state index in [-0.39, 0.29) is 6.04 Å². The Morgan fingerprint density at radius 1 is 0.844 bits per heavy atom. The Balaban J connectivity index is 1.99. The van der Waals surface area contributed by atoms with Crippen LogP contribution in [0.1, 0.15) is 42.9 Å². The van der Waals surface area contributed by atoms with Crippen LogP contribution >= 0.6 is 0 Å². The Hall–Kier alpha value is -2.34. The van der Waals surface area contributed by atoms with E-state index in [1.165, 1.54) is 0 Å². The van der Waals surface area contributed by atoms with Gasteiger partial charge in [-0.05, 0) is 56.2 Å². The number of nitrogens with one attached hydrogen (secondary N) is 1. The van der Waals surface area contributed by atoms with E-state index >= 15 is 0 Å². The fourth-order valence-corrected chi connectivity index (χ4v) is 5.75. The molecule has 0 aliphatic rings. The van der Waals surface area contributed by atoms with E-state index in [1.54, 1.807) is 0 Å². The van der Waals surface area contributed by atoms with Crippen molar-refractivity contribution in [3.63, 3.8) is 0 Å². The van der Waals surface area contributed by atoms with Gasteiger partial charge in [0.05, 0.1) is 21.7 Å². The molecule has 3 atom stereocenters. The molecule has 0 aliphatic heterocycles. The molecule has 3 rings (SSSR count). The first-order valence-corrected chi connectivity index (χ1v) is 13.3. The van der Waals surface area contributed by atoms with Crippen LogP contribution in [0.3, 0.4) is 0 Å². The summed E-state index contributed by atoms with van der Waals surface area (Å²) in [5.74, 6) is 0. The van der Waals surface area contributed by atoms with Gasteiger partial charge in [0.15, 0.2) is 0 Å². The molecule has 168 valence electrons. The molecule has 3 aromatic carbocycles. The van der Waals surface area contributed by atoms with Crippen molar-refractivity contribution >= 4 is 27.9 Å². The van der Waals surface area contributed by atoms with Gasteiger partial charge in [-0.15, -0.1) is 0 Å². The molecule has 1 N–H and O–H groups in total. The summed E-state index contributed by atoms with van der Waals surface area (Å²) in [6.45, 7) is 6.16. The lowest BCUT2D eigenvalue weighted by Gasteiger charge is -2.22. The summed E-state index contributed by atoms with van der Waals surface area (Å²) in [5.41, 5.74) is 3.23. The summed E-state index contributed by atoms with van der Waals surface area (Å²) < 4.78 is 30.2. The van der Waals surface area contributed by atoms with Gasteiger partial charge in [0, 0.05) is 9.80 Å². The highest BCUT2D eigenvalue weighted by molar-refractivity contribution is 7.89. The van der Waals surface area contributed by atoms with Crippen LogP contribution in [0.2, 0.25) is 0 Å². The van der Waals surface area contributed by atoms with Gasteiger partial charge in [-0.1, -0.05) is 85.5 Å². The van der Waals surface area contributed by atoms with Crippen LogP contribution in [0.15, 0.2) is 93.6 Å². The normalized spacial score (nSPS) is 14.7. The van der Waals surface area contributed by atoms with Gasteiger partial charge in [-0.25, -0.2) is 13.1 Å². The van der Waals surface area contributed by atoms with E-state index in [1.807, 2.05) is 98.8 Å². The van der Waals surface area contributed by atoms with Gasteiger partial charge in [0.1, 0.15) is 11.0 Å². The molecule has 0 heterocycles. The number of rotatable bonds is 10. The van der Waals surface area contributed by atoms with Crippen molar-refractivity contribution in [2.45, 2.75) is 55.9 Å². The Bertz CT molecular complexity index is 1070. The molecule has 0 aliphatic carbocycles. The van der Waals surface area contributed by atoms with Crippen LogP contribution < -0.4 is 4.72 Å². The molecule has 0 spiro atoms. The molecular formula is C27H31NO2S2. The quantitative estimate of drug-likeness (QED) is 0.381. The van der Waals surface area contributed by atoms with E-state index in [0.29, 0.717) is 0 Å². The highest BCUT2D eigenvalue weighted by Crippen LogP contribution is 2.25. The van der Waals surface area contributed by atoms with Gasteiger partial charge in [0.25, 0.3) is 0 Å². The fourth-order valence-electron chi connectivity index (χ4n) is 3.32. The first kappa shape index (κ1) is 24.3. The predicted octanol–water partition coefficient (Wildman–Crippen LogP) is 6.32. The lowest BCUT2D eigenvalue weighted by Crippen LogP contribution is -2.34. The second kappa shape index (κ2) is 12.0. The molecule has 0 radical (unpaired) electrons. The van der Waals surface area contributed by atoms with Gasteiger partial charge in [0.2, 0.25) is 0 Å². The topological polar surface area (TPSA) is 46.2 Å². The van der Waals surface area contributed by atoms with E-state index in [9.17, 15) is 8.42 Å². The zero-order valence-corrected chi connectivity index (χ0v) is 20.5. The Kier molecular flexibility index (Phi) is 9.15. The summed E-state index contributed by atoms with van der Waals surface area (Å²) in [7, 11) is -2.78. The van der Waals surface area contributed by atoms with Crippen molar-refractivity contribution in [3.8, 4) is 0 Å². The summed E-state index contributed by atoms with van der Waals surface area (Å²) in [6.07, 6.45) is 4.69. The van der Waals surface area contributed by atoms with Gasteiger partial charge in [-0.2, -0.15) is 0 Å². The molecule has 0 fully saturated rings. The first-order chi connectivity index (χ1) is 15.5. The van der Waals surface area contributed by atoms with Crippen molar-refractivity contribution in [1.29, 1.82) is 0 Å². The van der Waals surface area contributed by atoms with E-state index in [4.69, 9.17) is 0 Å². The van der Waals surface area contributed by atoms with Gasteiger partial charge >= 0.3 is 0 Å². The summed E-state index contributed by atoms with van der Waals surface area (Å²) in [5, 5.41) is 0. The Morgan fingerprint density at radius 2 is 1.41 bits per heavy atom. The second-order valence-electron chi connectivity index (χ2n) is 7.93. The largest absolute Gasteiger partial charge is 0.249 e. The van der Waals surface area contributed by atoms with Crippen LogP contribution in [0, 0.1) is 13.8 Å². The van der Waals surface area contributed by atoms with E-state index in [2.05, 4.69) is 11.6 Å². The number of hydrogen-bond acceptors (Lipinski definition) is 2. The van der Waals surface area contributed by atoms with Crippen LogP contribution in [0.25, 0.3) is 6.08 Å². The van der Waals surface area contributed by atoms with Crippen molar-refractivity contribution in [2.75, 3.05) is 0 Å². The number of benzene rings is 3. The maximum Gasteiger partial charge on any atom is 0.125 e. The van der Waals surface area contributed by atoms with Gasteiger partial charge < -0.3 is 0 Å². The number of aryl methyl sites for hydroxylation is 2. The third-order valence-electron chi connectivity index (χ3n) is 5.23. The molecule has 0 saturated heterocycles. The summed E-state index contributed by atoms with van der Waals surface area (Å²) in [4.78, 5) is 2.22. The molecule has 3 nitrogen and oxygen atoms in total. The molecular weight excluding hydrogens is 434 g/mol. The molecule has 3 aromatic rings. The van der Waals surface area contributed by atoms with Crippen LogP contribution in [0.4, 0.5) is 0 Å². The molecule has 0 saturated carbocycles. The van der Waals surface area contributed by atoms with Crippen LogP contribution in [0.5, 0.6) is 0 Å². The highest BCUT2D eigenvalue weighted by Gasteiger charge is 2.23. The maximum atomic E-state index is 13.7. The lowest BCUT2D eigenvalue weighted by atomic mass is 10.1. The van der Waals surface area contributed by atoms with Crippen LogP contribution in [-0.4, -0.2) is 14.5 Å². The van der Waals surface area contributed by atoms with E-state index in [0.717, 1.165) is 50.6 Å². The van der Waals surface area contributed by atoms with Crippen molar-refractivity contribution in [3.05, 3.63) is 100 Å². The average Bonchev–Trinajstić information content (AvgIpc) is 2.81. The standard InChI is InChI=1S/C27H31NO2S2/c1-4-5-11-26(28-32(30)25-18-14-22(3)15-19-25)27(20-23-9-7-6-8-10-23)31(29)24-16-12-21(2)13-17-24/h6-10,12-20,26,28H,4-5,11H2,1-3H3/b27-20+/t26-,31?,32?/m0/s1. The molecule has 0 bridgehead atoms. The first-order valence-electron chi connectivity index (χ1n) is 11.0. The summed E-state index contributed by atoms with van der Waals surface area (Å²) in [6, 6.07) is 25.1. The Labute approximate surface area is 197 Å². The van der Waals surface area contributed by atoms with Crippen molar-refractivity contribution in [1.82, 2.24) is 4.72 Å². The number of unbranched alkanes of at least 4 members (excludes halogenated alkanes) is 1. The smallest absolute Gasteiger partial charge is 0.125 e. The maximum absolute atomic E-state index is 13.7. The molecule has 0 aromatic heterocycles. The minimum Gasteiger partial charge on any atom is -0.249 e. The van der Waals surface area contributed by atoms with Crippen molar-refractivity contribution < 1.29 is 8.42 Å². The monoisotopic (exact) mass is 465 g/mol. The molecule has 32 heavy (non-hydrogen) atoms. The third kappa shape index (κ3) is 6.83. The van der Waals surface area contributed by atoms with Crippen LogP contribution in [-0.2, 0) is 21.8 Å². The van der Waals surface area contributed by atoms with Gasteiger partial charge in [-0.3, -0.25) is 0 Å². The fraction of sp³-hybridized carbons (Fsp3) is 0.259. The number of hydrogen-bond donors (Lipinski definition) is 1. The lowest BCUT2D eigenvalue weighted by molar-refractivity contribution is 0.599. The highest BCUT2D eigenvalue weighted by atomic mass is 32.2.